The van der Waals surface area contributed by atoms with Crippen molar-refractivity contribution in [3.05, 3.63) is 38.9 Å². The summed E-state index contributed by atoms with van der Waals surface area (Å²) in [6.45, 7) is 0.0852. The van der Waals surface area contributed by atoms with E-state index in [4.69, 9.17) is 25.7 Å². The third-order valence-corrected chi connectivity index (χ3v) is 4.46. The Balaban J connectivity index is 2.21. The second-order valence-corrected chi connectivity index (χ2v) is 5.86. The quantitative estimate of drug-likeness (QED) is 0.838. The summed E-state index contributed by atoms with van der Waals surface area (Å²) in [5.74, 6) is 0.784. The van der Waals surface area contributed by atoms with Gasteiger partial charge in [-0.05, 0) is 17.7 Å². The lowest BCUT2D eigenvalue weighted by atomic mass is 9.85. The normalized spacial score (nSPS) is 17.0. The molecule has 1 aromatic rings. The van der Waals surface area contributed by atoms with Crippen LogP contribution in [-0.2, 0) is 0 Å². The summed E-state index contributed by atoms with van der Waals surface area (Å²) in [5.41, 5.74) is 13.0. The number of fused-ring (bicyclic) bond motifs is 1. The topological polar surface area (TPSA) is 127 Å². The predicted molar refractivity (Wildman–Crippen MR) is 83.1 cm³/mol. The van der Waals surface area contributed by atoms with Crippen molar-refractivity contribution in [1.29, 1.82) is 10.5 Å². The molecule has 0 unspecified atom stereocenters. The Morgan fingerprint density at radius 2 is 1.83 bits per heavy atom. The van der Waals surface area contributed by atoms with Crippen LogP contribution in [0.15, 0.2) is 33.3 Å². The summed E-state index contributed by atoms with van der Waals surface area (Å²) in [6.07, 6.45) is 0. The Morgan fingerprint density at radius 1 is 1.17 bits per heavy atom. The smallest absolute Gasteiger partial charge is 0.231 e. The maximum Gasteiger partial charge on any atom is 0.231 e. The van der Waals surface area contributed by atoms with Gasteiger partial charge in [0.15, 0.2) is 11.5 Å². The van der Waals surface area contributed by atoms with E-state index in [1.54, 1.807) is 12.1 Å². The third-order valence-electron chi connectivity index (χ3n) is 3.58. The van der Waals surface area contributed by atoms with Gasteiger partial charge in [-0.3, -0.25) is 0 Å². The Morgan fingerprint density at radius 3 is 2.39 bits per heavy atom. The SMILES string of the molecule is COc1cc(C2C(C#N)=C(N)SC(N)=C2C#N)cc2c1OCO2. The number of nitriles is 2. The molecule has 3 rings (SSSR count). The van der Waals surface area contributed by atoms with E-state index in [1.807, 2.05) is 0 Å². The minimum Gasteiger partial charge on any atom is -0.493 e. The number of nitrogens with zero attached hydrogens (tertiary/aromatic N) is 2. The van der Waals surface area contributed by atoms with Crippen LogP contribution in [0.1, 0.15) is 11.5 Å². The van der Waals surface area contributed by atoms with Gasteiger partial charge in [0.25, 0.3) is 0 Å². The zero-order valence-electron chi connectivity index (χ0n) is 12.1. The zero-order chi connectivity index (χ0) is 16.6. The summed E-state index contributed by atoms with van der Waals surface area (Å²) in [7, 11) is 1.50. The van der Waals surface area contributed by atoms with Gasteiger partial charge in [-0.1, -0.05) is 11.8 Å². The molecule has 2 aliphatic heterocycles. The van der Waals surface area contributed by atoms with Crippen molar-refractivity contribution in [3.63, 3.8) is 0 Å². The fourth-order valence-electron chi connectivity index (χ4n) is 2.55. The molecular weight excluding hydrogens is 316 g/mol. The number of hydrogen-bond donors (Lipinski definition) is 2. The van der Waals surface area contributed by atoms with Crippen molar-refractivity contribution in [1.82, 2.24) is 0 Å². The lowest BCUT2D eigenvalue weighted by Crippen LogP contribution is -2.18. The first-order valence-electron chi connectivity index (χ1n) is 6.55. The summed E-state index contributed by atoms with van der Waals surface area (Å²) < 4.78 is 16.1. The molecule has 0 aliphatic carbocycles. The standard InChI is InChI=1S/C15H12N4O3S/c1-20-10-2-7(3-11-13(10)22-6-21-11)12-8(4-16)14(18)23-15(19)9(12)5-17/h2-3,12H,6,18-19H2,1H3. The lowest BCUT2D eigenvalue weighted by Gasteiger charge is -2.24. The van der Waals surface area contributed by atoms with Gasteiger partial charge in [0, 0.05) is 0 Å². The molecule has 0 amide bonds. The zero-order valence-corrected chi connectivity index (χ0v) is 12.9. The first kappa shape index (κ1) is 14.9. The highest BCUT2D eigenvalue weighted by Gasteiger charge is 2.33. The Hall–Kier alpha value is -2.97. The van der Waals surface area contributed by atoms with Crippen LogP contribution in [0.2, 0.25) is 0 Å². The molecule has 0 spiro atoms. The molecule has 1 aromatic carbocycles. The van der Waals surface area contributed by atoms with Gasteiger partial charge in [-0.2, -0.15) is 10.5 Å². The van der Waals surface area contributed by atoms with Crippen LogP contribution < -0.4 is 25.7 Å². The van der Waals surface area contributed by atoms with Gasteiger partial charge >= 0.3 is 0 Å². The van der Waals surface area contributed by atoms with Gasteiger partial charge in [-0.25, -0.2) is 0 Å². The van der Waals surface area contributed by atoms with Crippen molar-refractivity contribution in [2.24, 2.45) is 11.5 Å². The van der Waals surface area contributed by atoms with E-state index in [2.05, 4.69) is 12.1 Å². The highest BCUT2D eigenvalue weighted by molar-refractivity contribution is 8.06. The number of thioether (sulfide) groups is 1. The second-order valence-electron chi connectivity index (χ2n) is 4.77. The maximum absolute atomic E-state index is 9.45. The van der Waals surface area contributed by atoms with Gasteiger partial charge in [0.1, 0.15) is 0 Å². The van der Waals surface area contributed by atoms with Crippen molar-refractivity contribution < 1.29 is 14.2 Å². The molecule has 0 saturated heterocycles. The van der Waals surface area contributed by atoms with Crippen molar-refractivity contribution >= 4 is 11.8 Å². The molecule has 0 fully saturated rings. The number of benzene rings is 1. The number of rotatable bonds is 2. The molecule has 116 valence electrons. The number of methoxy groups -OCH3 is 1. The van der Waals surface area contributed by atoms with Gasteiger partial charge in [0.05, 0.1) is 46.4 Å². The van der Waals surface area contributed by atoms with E-state index in [0.717, 1.165) is 11.8 Å². The molecule has 0 aromatic heterocycles. The number of allylic oxidation sites excluding steroid dienone is 2. The molecule has 2 heterocycles. The van der Waals surface area contributed by atoms with Crippen LogP contribution in [-0.4, -0.2) is 13.9 Å². The first-order valence-corrected chi connectivity index (χ1v) is 7.37. The minimum absolute atomic E-state index is 0.0852. The average molecular weight is 328 g/mol. The summed E-state index contributed by atoms with van der Waals surface area (Å²) >= 11 is 1.02. The molecule has 23 heavy (non-hydrogen) atoms. The maximum atomic E-state index is 9.45. The second kappa shape index (κ2) is 5.67. The lowest BCUT2D eigenvalue weighted by molar-refractivity contribution is 0.171. The number of ether oxygens (including phenoxy) is 3. The molecule has 2 aliphatic rings. The van der Waals surface area contributed by atoms with E-state index in [0.29, 0.717) is 22.8 Å². The highest BCUT2D eigenvalue weighted by Crippen LogP contribution is 2.48. The van der Waals surface area contributed by atoms with Crippen LogP contribution in [0.3, 0.4) is 0 Å². The fraction of sp³-hybridized carbons (Fsp3) is 0.200. The van der Waals surface area contributed by atoms with Gasteiger partial charge in [0.2, 0.25) is 12.5 Å². The van der Waals surface area contributed by atoms with Crippen LogP contribution in [0.25, 0.3) is 0 Å². The monoisotopic (exact) mass is 328 g/mol. The fourth-order valence-corrected chi connectivity index (χ4v) is 3.33. The largest absolute Gasteiger partial charge is 0.493 e. The number of nitrogens with two attached hydrogens (primary N) is 2. The van der Waals surface area contributed by atoms with Crippen molar-refractivity contribution in [2.45, 2.75) is 5.92 Å². The van der Waals surface area contributed by atoms with Crippen LogP contribution >= 0.6 is 11.8 Å². The van der Waals surface area contributed by atoms with Crippen molar-refractivity contribution in [2.75, 3.05) is 13.9 Å². The minimum atomic E-state index is -0.658. The van der Waals surface area contributed by atoms with E-state index in [-0.39, 0.29) is 28.0 Å². The van der Waals surface area contributed by atoms with Crippen LogP contribution in [0, 0.1) is 22.7 Å². The number of hydrogen-bond acceptors (Lipinski definition) is 8. The summed E-state index contributed by atoms with van der Waals surface area (Å²) in [4.78, 5) is 0. The molecule has 7 nitrogen and oxygen atoms in total. The Kier molecular flexibility index (Phi) is 3.68. The average Bonchev–Trinajstić information content (AvgIpc) is 3.01. The van der Waals surface area contributed by atoms with Gasteiger partial charge in [-0.15, -0.1) is 0 Å². The molecule has 0 bridgehead atoms. The third kappa shape index (κ3) is 2.30. The Bertz CT molecular complexity index is 796. The van der Waals surface area contributed by atoms with E-state index >= 15 is 0 Å². The van der Waals surface area contributed by atoms with E-state index < -0.39 is 5.92 Å². The summed E-state index contributed by atoms with van der Waals surface area (Å²) in [6, 6.07) is 7.55. The summed E-state index contributed by atoms with van der Waals surface area (Å²) in [5, 5.41) is 19.5. The van der Waals surface area contributed by atoms with Crippen molar-refractivity contribution in [3.8, 4) is 29.4 Å². The molecule has 4 N–H and O–H groups in total. The van der Waals surface area contributed by atoms with Gasteiger partial charge < -0.3 is 25.7 Å². The molecule has 0 radical (unpaired) electrons. The molecular formula is C15H12N4O3S. The van der Waals surface area contributed by atoms with Crippen LogP contribution in [0.5, 0.6) is 17.2 Å². The molecule has 0 atom stereocenters. The van der Waals surface area contributed by atoms with Crippen LogP contribution in [0.4, 0.5) is 0 Å². The Labute approximate surface area is 136 Å². The molecule has 8 heteroatoms. The highest BCUT2D eigenvalue weighted by atomic mass is 32.2. The first-order chi connectivity index (χ1) is 11.1. The predicted octanol–water partition coefficient (Wildman–Crippen LogP) is 1.64. The molecule has 0 saturated carbocycles. The van der Waals surface area contributed by atoms with E-state index in [1.165, 1.54) is 7.11 Å². The van der Waals surface area contributed by atoms with E-state index in [9.17, 15) is 10.5 Å².